The van der Waals surface area contributed by atoms with Crippen molar-refractivity contribution in [3.8, 4) is 0 Å². The Morgan fingerprint density at radius 3 is 2.62 bits per heavy atom. The molecule has 0 aromatic heterocycles. The molecule has 1 N–H and O–H groups in total. The minimum Gasteiger partial charge on any atom is -0.384 e. The van der Waals surface area contributed by atoms with E-state index in [1.165, 1.54) is 18.4 Å². The van der Waals surface area contributed by atoms with Crippen LogP contribution >= 0.6 is 11.6 Å². The SMILES string of the molecule is COCC(CNC1CC1)c1ccc(Cl)cc1. The van der Waals surface area contributed by atoms with E-state index >= 15 is 0 Å². The van der Waals surface area contributed by atoms with Gasteiger partial charge in [0.1, 0.15) is 0 Å². The molecule has 1 atom stereocenters. The molecule has 1 aliphatic rings. The number of rotatable bonds is 6. The molecular weight excluding hydrogens is 222 g/mol. The Kier molecular flexibility index (Phi) is 4.22. The molecule has 2 rings (SSSR count). The van der Waals surface area contributed by atoms with Gasteiger partial charge in [0, 0.05) is 30.6 Å². The van der Waals surface area contributed by atoms with Gasteiger partial charge in [0.05, 0.1) is 6.61 Å². The number of hydrogen-bond donors (Lipinski definition) is 1. The van der Waals surface area contributed by atoms with Crippen molar-refractivity contribution in [1.82, 2.24) is 5.32 Å². The van der Waals surface area contributed by atoms with Crippen LogP contribution in [0.4, 0.5) is 0 Å². The van der Waals surface area contributed by atoms with Crippen LogP contribution in [0.15, 0.2) is 24.3 Å². The molecule has 0 saturated heterocycles. The molecular formula is C13H18ClNO. The molecule has 0 radical (unpaired) electrons. The zero-order valence-electron chi connectivity index (χ0n) is 9.58. The van der Waals surface area contributed by atoms with E-state index in [1.807, 2.05) is 12.1 Å². The molecule has 88 valence electrons. The highest BCUT2D eigenvalue weighted by molar-refractivity contribution is 6.30. The van der Waals surface area contributed by atoms with Gasteiger partial charge >= 0.3 is 0 Å². The van der Waals surface area contributed by atoms with Crippen molar-refractivity contribution in [2.24, 2.45) is 0 Å². The molecule has 1 fully saturated rings. The van der Waals surface area contributed by atoms with E-state index in [1.54, 1.807) is 7.11 Å². The maximum absolute atomic E-state index is 5.88. The van der Waals surface area contributed by atoms with Gasteiger partial charge in [-0.25, -0.2) is 0 Å². The summed E-state index contributed by atoms with van der Waals surface area (Å²) in [5.41, 5.74) is 1.29. The molecule has 2 nitrogen and oxygen atoms in total. The first-order chi connectivity index (χ1) is 7.79. The van der Waals surface area contributed by atoms with Gasteiger partial charge in [-0.05, 0) is 30.5 Å². The molecule has 0 spiro atoms. The van der Waals surface area contributed by atoms with Crippen molar-refractivity contribution in [3.63, 3.8) is 0 Å². The second kappa shape index (κ2) is 5.67. The Morgan fingerprint density at radius 2 is 2.06 bits per heavy atom. The third kappa shape index (κ3) is 3.48. The molecule has 1 aromatic carbocycles. The van der Waals surface area contributed by atoms with Gasteiger partial charge in [-0.2, -0.15) is 0 Å². The second-order valence-corrected chi connectivity index (χ2v) is 4.82. The molecule has 0 heterocycles. The van der Waals surface area contributed by atoms with Crippen LogP contribution in [0.25, 0.3) is 0 Å². The van der Waals surface area contributed by atoms with Crippen molar-refractivity contribution in [2.75, 3.05) is 20.3 Å². The molecule has 0 amide bonds. The first-order valence-electron chi connectivity index (χ1n) is 5.77. The fourth-order valence-corrected chi connectivity index (χ4v) is 1.93. The predicted octanol–water partition coefficient (Wildman–Crippen LogP) is 2.82. The third-order valence-corrected chi connectivity index (χ3v) is 3.19. The number of ether oxygens (including phenoxy) is 1. The highest BCUT2D eigenvalue weighted by atomic mass is 35.5. The molecule has 0 bridgehead atoms. The number of benzene rings is 1. The molecule has 3 heteroatoms. The van der Waals surface area contributed by atoms with Gasteiger partial charge in [0.2, 0.25) is 0 Å². The summed E-state index contributed by atoms with van der Waals surface area (Å²) in [6, 6.07) is 8.79. The summed E-state index contributed by atoms with van der Waals surface area (Å²) in [6.45, 7) is 1.74. The number of methoxy groups -OCH3 is 1. The van der Waals surface area contributed by atoms with Crippen molar-refractivity contribution in [1.29, 1.82) is 0 Å². The largest absolute Gasteiger partial charge is 0.384 e. The monoisotopic (exact) mass is 239 g/mol. The molecule has 16 heavy (non-hydrogen) atoms. The third-order valence-electron chi connectivity index (χ3n) is 2.94. The summed E-state index contributed by atoms with van der Waals surface area (Å²) in [5.74, 6) is 0.419. The fourth-order valence-electron chi connectivity index (χ4n) is 1.81. The Bertz CT molecular complexity index is 321. The quantitative estimate of drug-likeness (QED) is 0.824. The number of halogens is 1. The lowest BCUT2D eigenvalue weighted by Crippen LogP contribution is -2.26. The van der Waals surface area contributed by atoms with E-state index in [9.17, 15) is 0 Å². The molecule has 1 saturated carbocycles. The summed E-state index contributed by atoms with van der Waals surface area (Å²) in [5, 5.41) is 4.33. The van der Waals surface area contributed by atoms with Gasteiger partial charge in [-0.15, -0.1) is 0 Å². The van der Waals surface area contributed by atoms with Crippen LogP contribution in [0.2, 0.25) is 5.02 Å². The van der Waals surface area contributed by atoms with Gasteiger partial charge in [-0.1, -0.05) is 23.7 Å². The number of hydrogen-bond acceptors (Lipinski definition) is 2. The first-order valence-corrected chi connectivity index (χ1v) is 6.15. The van der Waals surface area contributed by atoms with Crippen LogP contribution in [-0.4, -0.2) is 26.3 Å². The van der Waals surface area contributed by atoms with Crippen LogP contribution in [0.5, 0.6) is 0 Å². The minimum absolute atomic E-state index is 0.419. The van der Waals surface area contributed by atoms with Crippen molar-refractivity contribution in [3.05, 3.63) is 34.9 Å². The molecule has 1 aliphatic carbocycles. The lowest BCUT2D eigenvalue weighted by atomic mass is 10.00. The summed E-state index contributed by atoms with van der Waals surface area (Å²) < 4.78 is 5.27. The van der Waals surface area contributed by atoms with E-state index in [0.717, 1.165) is 24.2 Å². The van der Waals surface area contributed by atoms with Crippen LogP contribution in [0.3, 0.4) is 0 Å². The van der Waals surface area contributed by atoms with E-state index in [-0.39, 0.29) is 0 Å². The Hall–Kier alpha value is -0.570. The minimum atomic E-state index is 0.419. The summed E-state index contributed by atoms with van der Waals surface area (Å²) >= 11 is 5.88. The van der Waals surface area contributed by atoms with Gasteiger partial charge in [-0.3, -0.25) is 0 Å². The average molecular weight is 240 g/mol. The standard InChI is InChI=1S/C13H18ClNO/c1-16-9-11(8-15-13-6-7-13)10-2-4-12(14)5-3-10/h2-5,11,13,15H,6-9H2,1H3. The molecule has 1 aromatic rings. The predicted molar refractivity (Wildman–Crippen MR) is 67.1 cm³/mol. The van der Waals surface area contributed by atoms with Crippen molar-refractivity contribution in [2.45, 2.75) is 24.8 Å². The Morgan fingerprint density at radius 1 is 1.38 bits per heavy atom. The highest BCUT2D eigenvalue weighted by Gasteiger charge is 2.22. The zero-order valence-corrected chi connectivity index (χ0v) is 10.3. The summed E-state index contributed by atoms with van der Waals surface area (Å²) in [7, 11) is 1.75. The lowest BCUT2D eigenvalue weighted by molar-refractivity contribution is 0.177. The number of nitrogens with one attached hydrogen (secondary N) is 1. The van der Waals surface area contributed by atoms with Crippen molar-refractivity contribution >= 4 is 11.6 Å². The average Bonchev–Trinajstić information content (AvgIpc) is 3.09. The van der Waals surface area contributed by atoms with Crippen molar-refractivity contribution < 1.29 is 4.74 Å². The maximum atomic E-state index is 5.88. The van der Waals surface area contributed by atoms with Gasteiger partial charge < -0.3 is 10.1 Å². The molecule has 0 aliphatic heterocycles. The van der Waals surface area contributed by atoms with Crippen LogP contribution in [0.1, 0.15) is 24.3 Å². The summed E-state index contributed by atoms with van der Waals surface area (Å²) in [6.07, 6.45) is 2.64. The van der Waals surface area contributed by atoms with Crippen LogP contribution in [-0.2, 0) is 4.74 Å². The van der Waals surface area contributed by atoms with E-state index < -0.39 is 0 Å². The highest BCUT2D eigenvalue weighted by Crippen LogP contribution is 2.22. The summed E-state index contributed by atoms with van der Waals surface area (Å²) in [4.78, 5) is 0. The second-order valence-electron chi connectivity index (χ2n) is 4.39. The van der Waals surface area contributed by atoms with E-state index in [2.05, 4.69) is 17.4 Å². The fraction of sp³-hybridized carbons (Fsp3) is 0.538. The maximum Gasteiger partial charge on any atom is 0.0543 e. The smallest absolute Gasteiger partial charge is 0.0543 e. The van der Waals surface area contributed by atoms with Crippen LogP contribution in [0, 0.1) is 0 Å². The van der Waals surface area contributed by atoms with Gasteiger partial charge in [0.25, 0.3) is 0 Å². The normalized spacial score (nSPS) is 17.4. The first kappa shape index (κ1) is 11.9. The zero-order chi connectivity index (χ0) is 11.4. The van der Waals surface area contributed by atoms with Crippen LogP contribution < -0.4 is 5.32 Å². The van der Waals surface area contributed by atoms with E-state index in [4.69, 9.17) is 16.3 Å². The van der Waals surface area contributed by atoms with E-state index in [0.29, 0.717) is 5.92 Å². The topological polar surface area (TPSA) is 21.3 Å². The Labute approximate surface area is 102 Å². The molecule has 1 unspecified atom stereocenters. The lowest BCUT2D eigenvalue weighted by Gasteiger charge is -2.17. The van der Waals surface area contributed by atoms with Gasteiger partial charge in [0.15, 0.2) is 0 Å². The Balaban J connectivity index is 1.95.